The number of nitrogens with zero attached hydrogens (tertiary/aromatic N) is 1. The zero-order valence-electron chi connectivity index (χ0n) is 10.7. The van der Waals surface area contributed by atoms with Gasteiger partial charge >= 0.3 is 5.97 Å². The van der Waals surface area contributed by atoms with E-state index < -0.39 is 5.97 Å². The third-order valence-corrected chi connectivity index (χ3v) is 2.83. The van der Waals surface area contributed by atoms with Crippen LogP contribution in [0.15, 0.2) is 30.5 Å². The molecule has 2 N–H and O–H groups in total. The molecule has 0 bridgehead atoms. The van der Waals surface area contributed by atoms with Crippen LogP contribution >= 0.6 is 0 Å². The third-order valence-electron chi connectivity index (χ3n) is 2.83. The van der Waals surface area contributed by atoms with Crippen molar-refractivity contribution < 1.29 is 14.6 Å². The van der Waals surface area contributed by atoms with Gasteiger partial charge in [0.2, 0.25) is 0 Å². The Labute approximate surface area is 111 Å². The van der Waals surface area contributed by atoms with E-state index in [-0.39, 0.29) is 5.56 Å². The number of benzene rings is 1. The molecule has 0 spiro atoms. The van der Waals surface area contributed by atoms with E-state index in [9.17, 15) is 4.79 Å². The molecule has 100 valence electrons. The lowest BCUT2D eigenvalue weighted by Gasteiger charge is -2.09. The number of hydrogen-bond donors (Lipinski definition) is 2. The topological polar surface area (TPSA) is 71.5 Å². The van der Waals surface area contributed by atoms with E-state index in [1.807, 2.05) is 6.07 Å². The van der Waals surface area contributed by atoms with E-state index >= 15 is 0 Å². The molecule has 2 aromatic rings. The second-order valence-corrected chi connectivity index (χ2v) is 4.17. The lowest BCUT2D eigenvalue weighted by Crippen LogP contribution is -2.06. The molecule has 0 fully saturated rings. The van der Waals surface area contributed by atoms with Gasteiger partial charge in [-0.25, -0.2) is 9.78 Å². The number of methoxy groups -OCH3 is 1. The summed E-state index contributed by atoms with van der Waals surface area (Å²) in [5.41, 5.74) is 0.264. The zero-order chi connectivity index (χ0) is 13.7. The van der Waals surface area contributed by atoms with E-state index in [4.69, 9.17) is 9.84 Å². The van der Waals surface area contributed by atoms with Crippen LogP contribution in [0.1, 0.15) is 16.8 Å². The van der Waals surface area contributed by atoms with Crippen molar-refractivity contribution in [3.63, 3.8) is 0 Å². The van der Waals surface area contributed by atoms with Gasteiger partial charge in [-0.1, -0.05) is 6.07 Å². The van der Waals surface area contributed by atoms with E-state index in [1.165, 1.54) is 0 Å². The molecule has 2 rings (SSSR count). The van der Waals surface area contributed by atoms with Gasteiger partial charge in [0.1, 0.15) is 5.82 Å². The van der Waals surface area contributed by atoms with Gasteiger partial charge in [-0.3, -0.25) is 0 Å². The normalized spacial score (nSPS) is 10.6. The zero-order valence-corrected chi connectivity index (χ0v) is 10.7. The average Bonchev–Trinajstić information content (AvgIpc) is 2.43. The fourth-order valence-corrected chi connectivity index (χ4v) is 1.87. The number of pyridine rings is 1. The summed E-state index contributed by atoms with van der Waals surface area (Å²) in [6, 6.07) is 6.89. The number of carboxylic acids is 1. The van der Waals surface area contributed by atoms with Gasteiger partial charge in [0, 0.05) is 31.8 Å². The molecule has 0 aliphatic heterocycles. The van der Waals surface area contributed by atoms with Crippen molar-refractivity contribution in [1.29, 1.82) is 0 Å². The minimum absolute atomic E-state index is 0.264. The molecular formula is C14H16N2O3. The fraction of sp³-hybridized carbons (Fsp3) is 0.286. The summed E-state index contributed by atoms with van der Waals surface area (Å²) < 4.78 is 4.98. The van der Waals surface area contributed by atoms with Crippen molar-refractivity contribution in [3.8, 4) is 0 Å². The molecule has 0 amide bonds. The minimum Gasteiger partial charge on any atom is -0.478 e. The molecule has 0 radical (unpaired) electrons. The Balaban J connectivity index is 2.26. The van der Waals surface area contributed by atoms with Crippen LogP contribution in [-0.2, 0) is 4.74 Å². The molecule has 0 unspecified atom stereocenters. The number of hydrogen-bond acceptors (Lipinski definition) is 4. The first-order valence-electron chi connectivity index (χ1n) is 6.07. The third kappa shape index (κ3) is 3.20. The number of anilines is 1. The molecule has 0 saturated heterocycles. The Morgan fingerprint density at radius 3 is 3.00 bits per heavy atom. The number of aromatic nitrogens is 1. The van der Waals surface area contributed by atoms with Gasteiger partial charge in [-0.2, -0.15) is 0 Å². The van der Waals surface area contributed by atoms with Crippen LogP contribution in [0, 0.1) is 0 Å². The van der Waals surface area contributed by atoms with Crippen LogP contribution in [0.2, 0.25) is 0 Å². The Morgan fingerprint density at radius 1 is 1.42 bits per heavy atom. The Bertz CT molecular complexity index is 584. The molecule has 0 atom stereocenters. The first-order valence-corrected chi connectivity index (χ1v) is 6.07. The number of aromatic carboxylic acids is 1. The second-order valence-electron chi connectivity index (χ2n) is 4.17. The number of carbonyl (C=O) groups is 1. The van der Waals surface area contributed by atoms with Crippen molar-refractivity contribution in [2.45, 2.75) is 6.42 Å². The predicted octanol–water partition coefficient (Wildman–Crippen LogP) is 2.38. The van der Waals surface area contributed by atoms with Crippen LogP contribution in [-0.4, -0.2) is 36.3 Å². The SMILES string of the molecule is COCCCNc1nccc2ccc(C(=O)O)cc12. The Hall–Kier alpha value is -2.14. The van der Waals surface area contributed by atoms with Crippen molar-refractivity contribution in [2.24, 2.45) is 0 Å². The summed E-state index contributed by atoms with van der Waals surface area (Å²) in [5.74, 6) is -0.229. The van der Waals surface area contributed by atoms with Crippen LogP contribution < -0.4 is 5.32 Å². The Morgan fingerprint density at radius 2 is 2.26 bits per heavy atom. The highest BCUT2D eigenvalue weighted by atomic mass is 16.5. The van der Waals surface area contributed by atoms with Crippen LogP contribution in [0.25, 0.3) is 10.8 Å². The molecular weight excluding hydrogens is 244 g/mol. The van der Waals surface area contributed by atoms with Crippen LogP contribution in [0.4, 0.5) is 5.82 Å². The van der Waals surface area contributed by atoms with Gasteiger partial charge in [0.25, 0.3) is 0 Å². The molecule has 5 heteroatoms. The number of rotatable bonds is 6. The highest BCUT2D eigenvalue weighted by Crippen LogP contribution is 2.22. The standard InChI is InChI=1S/C14H16N2O3/c1-19-8-2-6-15-13-12-9-11(14(17)18)4-3-10(12)5-7-16-13/h3-5,7,9H,2,6,8H2,1H3,(H,15,16)(H,17,18). The van der Waals surface area contributed by atoms with Crippen molar-refractivity contribution in [3.05, 3.63) is 36.0 Å². The van der Waals surface area contributed by atoms with Gasteiger partial charge in [-0.15, -0.1) is 0 Å². The summed E-state index contributed by atoms with van der Waals surface area (Å²) >= 11 is 0. The first-order chi connectivity index (χ1) is 9.22. The van der Waals surface area contributed by atoms with Gasteiger partial charge in [-0.05, 0) is 30.0 Å². The lowest BCUT2D eigenvalue weighted by atomic mass is 10.1. The van der Waals surface area contributed by atoms with Gasteiger partial charge in [0.05, 0.1) is 5.56 Å². The predicted molar refractivity (Wildman–Crippen MR) is 73.7 cm³/mol. The number of carboxylic acid groups (broad SMARTS) is 1. The highest BCUT2D eigenvalue weighted by molar-refractivity contribution is 5.98. The summed E-state index contributed by atoms with van der Waals surface area (Å²) in [5, 5.41) is 14.0. The van der Waals surface area contributed by atoms with Gasteiger partial charge in [0.15, 0.2) is 0 Å². The van der Waals surface area contributed by atoms with E-state index in [0.29, 0.717) is 12.4 Å². The monoisotopic (exact) mass is 260 g/mol. The molecule has 1 aromatic carbocycles. The minimum atomic E-state index is -0.934. The molecule has 0 aliphatic carbocycles. The number of fused-ring (bicyclic) bond motifs is 1. The molecule has 5 nitrogen and oxygen atoms in total. The number of nitrogens with one attached hydrogen (secondary N) is 1. The van der Waals surface area contributed by atoms with Gasteiger partial charge < -0.3 is 15.2 Å². The van der Waals surface area contributed by atoms with E-state index in [0.717, 1.165) is 23.7 Å². The maximum absolute atomic E-state index is 11.0. The first kappa shape index (κ1) is 13.3. The summed E-state index contributed by atoms with van der Waals surface area (Å²) in [6.07, 6.45) is 2.58. The average molecular weight is 260 g/mol. The quantitative estimate of drug-likeness (QED) is 0.780. The fourth-order valence-electron chi connectivity index (χ4n) is 1.87. The molecule has 1 aromatic heterocycles. The molecule has 1 heterocycles. The second kappa shape index (κ2) is 6.15. The van der Waals surface area contributed by atoms with Crippen LogP contribution in [0.5, 0.6) is 0 Å². The smallest absolute Gasteiger partial charge is 0.335 e. The van der Waals surface area contributed by atoms with Crippen LogP contribution in [0.3, 0.4) is 0 Å². The van der Waals surface area contributed by atoms with Crippen molar-refractivity contribution in [2.75, 3.05) is 25.6 Å². The van der Waals surface area contributed by atoms with E-state index in [1.54, 1.807) is 31.5 Å². The van der Waals surface area contributed by atoms with Crippen molar-refractivity contribution >= 4 is 22.6 Å². The summed E-state index contributed by atoms with van der Waals surface area (Å²) in [7, 11) is 1.66. The maximum atomic E-state index is 11.0. The molecule has 0 aliphatic rings. The maximum Gasteiger partial charge on any atom is 0.335 e. The lowest BCUT2D eigenvalue weighted by molar-refractivity contribution is 0.0697. The molecule has 19 heavy (non-hydrogen) atoms. The molecule has 0 saturated carbocycles. The largest absolute Gasteiger partial charge is 0.478 e. The Kier molecular flexibility index (Phi) is 4.30. The van der Waals surface area contributed by atoms with E-state index in [2.05, 4.69) is 10.3 Å². The highest BCUT2D eigenvalue weighted by Gasteiger charge is 2.07. The summed E-state index contributed by atoms with van der Waals surface area (Å²) in [4.78, 5) is 15.3. The number of ether oxygens (including phenoxy) is 1. The van der Waals surface area contributed by atoms with Crippen molar-refractivity contribution in [1.82, 2.24) is 4.98 Å². The summed E-state index contributed by atoms with van der Waals surface area (Å²) in [6.45, 7) is 1.41.